The third-order valence-corrected chi connectivity index (χ3v) is 6.41. The molecule has 0 unspecified atom stereocenters. The maximum Gasteiger partial charge on any atom is 0.305 e. The SMILES string of the molecule is CSCC[C@H](CC(C)=O)C(=O)N[C@@H](CC(C)C)C(=O)C[C@@H](Cc1ccccc1)C(=O)NCCC(=O)O. The van der Waals surface area contributed by atoms with Crippen molar-refractivity contribution in [1.82, 2.24) is 10.6 Å². The molecular weight excluding hydrogens is 480 g/mol. The number of aliphatic carboxylic acids is 1. The Bertz CT molecular complexity index is 874. The van der Waals surface area contributed by atoms with Gasteiger partial charge in [-0.1, -0.05) is 44.2 Å². The normalized spacial score (nSPS) is 13.5. The summed E-state index contributed by atoms with van der Waals surface area (Å²) in [7, 11) is 0. The van der Waals surface area contributed by atoms with Crippen molar-refractivity contribution >= 4 is 41.1 Å². The van der Waals surface area contributed by atoms with Crippen LogP contribution in [0.2, 0.25) is 0 Å². The highest BCUT2D eigenvalue weighted by Gasteiger charge is 2.30. The van der Waals surface area contributed by atoms with Gasteiger partial charge < -0.3 is 20.5 Å². The smallest absolute Gasteiger partial charge is 0.305 e. The van der Waals surface area contributed by atoms with Crippen molar-refractivity contribution in [1.29, 1.82) is 0 Å². The van der Waals surface area contributed by atoms with E-state index < -0.39 is 29.8 Å². The van der Waals surface area contributed by atoms with Crippen LogP contribution in [0.1, 0.15) is 58.4 Å². The molecule has 0 spiro atoms. The fourth-order valence-electron chi connectivity index (χ4n) is 3.94. The lowest BCUT2D eigenvalue weighted by molar-refractivity contribution is -0.137. The molecule has 0 radical (unpaired) electrons. The Balaban J connectivity index is 3.03. The minimum atomic E-state index is -1.02. The van der Waals surface area contributed by atoms with Gasteiger partial charge in [0.2, 0.25) is 11.8 Å². The Labute approximate surface area is 218 Å². The molecule has 2 amide bonds. The molecule has 0 aliphatic heterocycles. The fraction of sp³-hybridized carbons (Fsp3) is 0.593. The van der Waals surface area contributed by atoms with Crippen LogP contribution in [-0.4, -0.2) is 59.1 Å². The minimum Gasteiger partial charge on any atom is -0.481 e. The molecule has 1 aromatic rings. The van der Waals surface area contributed by atoms with Crippen molar-refractivity contribution in [3.63, 3.8) is 0 Å². The van der Waals surface area contributed by atoms with Gasteiger partial charge in [-0.05, 0) is 49.7 Å². The molecule has 0 aliphatic carbocycles. The van der Waals surface area contributed by atoms with Crippen LogP contribution in [0.25, 0.3) is 0 Å². The number of benzene rings is 1. The molecule has 8 nitrogen and oxygen atoms in total. The number of Topliss-reactive ketones (excluding diaryl/α,β-unsaturated/α-hetero) is 2. The first-order valence-electron chi connectivity index (χ1n) is 12.4. The largest absolute Gasteiger partial charge is 0.481 e. The van der Waals surface area contributed by atoms with Crippen LogP contribution in [0.15, 0.2) is 30.3 Å². The second-order valence-electron chi connectivity index (χ2n) is 9.57. The number of rotatable bonds is 18. The van der Waals surface area contributed by atoms with E-state index in [2.05, 4.69) is 10.6 Å². The molecule has 0 bridgehead atoms. The minimum absolute atomic E-state index is 0.0258. The highest BCUT2D eigenvalue weighted by molar-refractivity contribution is 7.98. The highest BCUT2D eigenvalue weighted by Crippen LogP contribution is 2.19. The summed E-state index contributed by atoms with van der Waals surface area (Å²) in [5.74, 6) is -2.42. The first-order chi connectivity index (χ1) is 17.0. The summed E-state index contributed by atoms with van der Waals surface area (Å²) in [6, 6.07) is 8.52. The van der Waals surface area contributed by atoms with Crippen LogP contribution >= 0.6 is 11.8 Å². The summed E-state index contributed by atoms with van der Waals surface area (Å²) in [6.45, 7) is 5.33. The van der Waals surface area contributed by atoms with Gasteiger partial charge in [-0.2, -0.15) is 11.8 Å². The predicted octanol–water partition coefficient (Wildman–Crippen LogP) is 3.27. The van der Waals surface area contributed by atoms with Gasteiger partial charge in [0, 0.05) is 31.2 Å². The lowest BCUT2D eigenvalue weighted by Gasteiger charge is -2.25. The molecule has 0 fully saturated rings. The highest BCUT2D eigenvalue weighted by atomic mass is 32.2. The van der Waals surface area contributed by atoms with Crippen LogP contribution in [0.4, 0.5) is 0 Å². The quantitative estimate of drug-likeness (QED) is 0.271. The van der Waals surface area contributed by atoms with E-state index in [0.29, 0.717) is 19.3 Å². The van der Waals surface area contributed by atoms with Crippen LogP contribution < -0.4 is 10.6 Å². The van der Waals surface area contributed by atoms with E-state index >= 15 is 0 Å². The average molecular weight is 521 g/mol. The van der Waals surface area contributed by atoms with Gasteiger partial charge in [0.25, 0.3) is 0 Å². The summed E-state index contributed by atoms with van der Waals surface area (Å²) in [5, 5.41) is 14.4. The van der Waals surface area contributed by atoms with E-state index in [9.17, 15) is 24.0 Å². The van der Waals surface area contributed by atoms with Crippen LogP contribution in [0.3, 0.4) is 0 Å². The molecule has 0 aromatic heterocycles. The van der Waals surface area contributed by atoms with Crippen LogP contribution in [0, 0.1) is 17.8 Å². The number of hydrogen-bond donors (Lipinski definition) is 3. The molecule has 3 atom stereocenters. The fourth-order valence-corrected chi connectivity index (χ4v) is 4.46. The predicted molar refractivity (Wildman–Crippen MR) is 142 cm³/mol. The molecule has 9 heteroatoms. The second kappa shape index (κ2) is 16.9. The number of nitrogens with one attached hydrogen (secondary N) is 2. The Kier molecular flexibility index (Phi) is 14.7. The number of hydrogen-bond acceptors (Lipinski definition) is 6. The summed E-state index contributed by atoms with van der Waals surface area (Å²) in [4.78, 5) is 61.9. The van der Waals surface area contributed by atoms with E-state index in [1.807, 2.05) is 50.4 Å². The van der Waals surface area contributed by atoms with E-state index in [4.69, 9.17) is 5.11 Å². The van der Waals surface area contributed by atoms with Crippen molar-refractivity contribution in [3.05, 3.63) is 35.9 Å². The third-order valence-electron chi connectivity index (χ3n) is 5.77. The molecule has 36 heavy (non-hydrogen) atoms. The number of thioether (sulfide) groups is 1. The lowest BCUT2D eigenvalue weighted by atomic mass is 9.88. The number of carboxylic acid groups (broad SMARTS) is 1. The van der Waals surface area contributed by atoms with Gasteiger partial charge in [0.1, 0.15) is 5.78 Å². The Morgan fingerprint density at radius 3 is 2.19 bits per heavy atom. The number of carbonyl (C=O) groups is 5. The molecule has 0 saturated heterocycles. The van der Waals surface area contributed by atoms with Crippen molar-refractivity contribution in [2.75, 3.05) is 18.6 Å². The molecule has 1 rings (SSSR count). The van der Waals surface area contributed by atoms with Crippen LogP contribution in [0.5, 0.6) is 0 Å². The zero-order valence-electron chi connectivity index (χ0n) is 21.7. The van der Waals surface area contributed by atoms with E-state index in [1.54, 1.807) is 11.8 Å². The molecule has 0 saturated carbocycles. The second-order valence-corrected chi connectivity index (χ2v) is 10.6. The topological polar surface area (TPSA) is 130 Å². The zero-order chi connectivity index (χ0) is 27.1. The van der Waals surface area contributed by atoms with Gasteiger partial charge >= 0.3 is 5.97 Å². The molecule has 1 aromatic carbocycles. The third kappa shape index (κ3) is 12.9. The summed E-state index contributed by atoms with van der Waals surface area (Å²) >= 11 is 1.59. The van der Waals surface area contributed by atoms with Gasteiger partial charge in [0.15, 0.2) is 5.78 Å². The molecular formula is C27H40N2O6S. The number of carboxylic acids is 1. The van der Waals surface area contributed by atoms with E-state index in [0.717, 1.165) is 11.3 Å². The lowest BCUT2D eigenvalue weighted by Crippen LogP contribution is -2.46. The summed E-state index contributed by atoms with van der Waals surface area (Å²) < 4.78 is 0. The van der Waals surface area contributed by atoms with Gasteiger partial charge in [0.05, 0.1) is 12.5 Å². The molecule has 200 valence electrons. The maximum absolute atomic E-state index is 13.4. The molecule has 3 N–H and O–H groups in total. The van der Waals surface area contributed by atoms with E-state index in [1.165, 1.54) is 6.92 Å². The van der Waals surface area contributed by atoms with Crippen molar-refractivity contribution < 1.29 is 29.1 Å². The number of carbonyl (C=O) groups excluding carboxylic acids is 4. The standard InChI is InChI=1S/C27H40N2O6S/c1-18(2)14-23(29-27(35)21(11-13-36-4)15-19(3)30)24(31)17-22(16-20-8-6-5-7-9-20)26(34)28-12-10-25(32)33/h5-9,18,21-23H,10-17H2,1-4H3,(H,28,34)(H,29,35)(H,32,33)/t21-,22-,23+/m1/s1. The Morgan fingerprint density at radius 1 is 0.972 bits per heavy atom. The summed E-state index contributed by atoms with van der Waals surface area (Å²) in [6.07, 6.45) is 3.02. The van der Waals surface area contributed by atoms with Crippen molar-refractivity contribution in [2.24, 2.45) is 17.8 Å². The van der Waals surface area contributed by atoms with Crippen molar-refractivity contribution in [2.45, 2.75) is 65.3 Å². The Morgan fingerprint density at radius 2 is 1.64 bits per heavy atom. The monoisotopic (exact) mass is 520 g/mol. The zero-order valence-corrected chi connectivity index (χ0v) is 22.6. The van der Waals surface area contributed by atoms with Crippen LogP contribution in [-0.2, 0) is 30.4 Å². The summed E-state index contributed by atoms with van der Waals surface area (Å²) in [5.41, 5.74) is 0.881. The van der Waals surface area contributed by atoms with Gasteiger partial charge in [-0.15, -0.1) is 0 Å². The first kappa shape index (κ1) is 31.4. The number of amides is 2. The molecule has 0 heterocycles. The number of ketones is 2. The van der Waals surface area contributed by atoms with E-state index in [-0.39, 0.29) is 49.2 Å². The van der Waals surface area contributed by atoms with Crippen molar-refractivity contribution in [3.8, 4) is 0 Å². The van der Waals surface area contributed by atoms with Gasteiger partial charge in [-0.3, -0.25) is 19.2 Å². The van der Waals surface area contributed by atoms with Gasteiger partial charge in [-0.25, -0.2) is 0 Å². The Hall–Kier alpha value is -2.68. The average Bonchev–Trinajstić information content (AvgIpc) is 2.80. The first-order valence-corrected chi connectivity index (χ1v) is 13.8. The molecule has 0 aliphatic rings. The maximum atomic E-state index is 13.4.